The Morgan fingerprint density at radius 3 is 2.92 bits per heavy atom. The Bertz CT molecular complexity index is 353. The number of nitrogen functional groups attached to an aromatic ring is 1. The molecule has 0 atom stereocenters. The molecule has 0 unspecified atom stereocenters. The summed E-state index contributed by atoms with van der Waals surface area (Å²) in [6.45, 7) is 0. The van der Waals surface area contributed by atoms with Gasteiger partial charge in [-0.1, -0.05) is 0 Å². The summed E-state index contributed by atoms with van der Waals surface area (Å²) in [5.41, 5.74) is 6.18. The highest BCUT2D eigenvalue weighted by molar-refractivity contribution is 5.53. The molecule has 12 heavy (non-hydrogen) atoms. The van der Waals surface area contributed by atoms with Crippen molar-refractivity contribution in [3.8, 4) is 11.5 Å². The fourth-order valence-electron chi connectivity index (χ4n) is 0.861. The number of hydrogen-bond acceptors (Lipinski definition) is 5. The molecular weight excluding hydrogens is 158 g/mol. The second kappa shape index (κ2) is 2.29. The average molecular weight is 165 g/mol. The van der Waals surface area contributed by atoms with Gasteiger partial charge in [0.05, 0.1) is 0 Å². The van der Waals surface area contributed by atoms with Crippen LogP contribution in [0.3, 0.4) is 0 Å². The first kappa shape index (κ1) is 6.77. The molecule has 62 valence electrons. The van der Waals surface area contributed by atoms with Crippen LogP contribution >= 0.6 is 0 Å². The van der Waals surface area contributed by atoms with Crippen molar-refractivity contribution in [3.63, 3.8) is 0 Å². The summed E-state index contributed by atoms with van der Waals surface area (Å²) in [5, 5.41) is 17.3. The summed E-state index contributed by atoms with van der Waals surface area (Å²) in [5.74, 6) is 1.01. The monoisotopic (exact) mass is 165 g/mol. The zero-order chi connectivity index (χ0) is 8.55. The van der Waals surface area contributed by atoms with Crippen molar-refractivity contribution in [2.24, 2.45) is 7.05 Å². The lowest BCUT2D eigenvalue weighted by molar-refractivity contribution is 0.780. The van der Waals surface area contributed by atoms with Crippen LogP contribution in [0.4, 0.5) is 5.82 Å². The molecule has 7 heteroatoms. The molecule has 0 bridgehead atoms. The van der Waals surface area contributed by atoms with E-state index in [4.69, 9.17) is 5.73 Å². The lowest BCUT2D eigenvalue weighted by atomic mass is 10.4. The number of aromatic nitrogens is 6. The van der Waals surface area contributed by atoms with Gasteiger partial charge in [0.25, 0.3) is 0 Å². The Hall–Kier alpha value is -1.92. The van der Waals surface area contributed by atoms with Crippen molar-refractivity contribution in [1.82, 2.24) is 30.4 Å². The van der Waals surface area contributed by atoms with Gasteiger partial charge in [0.15, 0.2) is 0 Å². The summed E-state index contributed by atoms with van der Waals surface area (Å²) in [6.07, 6.45) is 0. The molecule has 2 rings (SSSR count). The second-order valence-corrected chi connectivity index (χ2v) is 2.31. The van der Waals surface area contributed by atoms with E-state index in [9.17, 15) is 0 Å². The molecule has 2 aromatic heterocycles. The molecule has 0 aliphatic carbocycles. The Balaban J connectivity index is 2.48. The van der Waals surface area contributed by atoms with Crippen LogP contribution in [0, 0.1) is 0 Å². The number of nitrogens with one attached hydrogen (secondary N) is 1. The first-order valence-electron chi connectivity index (χ1n) is 3.30. The van der Waals surface area contributed by atoms with Crippen molar-refractivity contribution < 1.29 is 0 Å². The third kappa shape index (κ3) is 0.911. The number of nitrogens with two attached hydrogens (primary N) is 1. The summed E-state index contributed by atoms with van der Waals surface area (Å²) in [7, 11) is 1.75. The number of hydrogen-bond donors (Lipinski definition) is 2. The Morgan fingerprint density at radius 1 is 1.58 bits per heavy atom. The minimum absolute atomic E-state index is 0.447. The van der Waals surface area contributed by atoms with Gasteiger partial charge in [0.2, 0.25) is 5.82 Å². The Labute approximate surface area is 67.6 Å². The van der Waals surface area contributed by atoms with E-state index in [1.807, 2.05) is 0 Å². The lowest BCUT2D eigenvalue weighted by Gasteiger charge is -1.88. The SMILES string of the molecule is Cn1nc(-c2nn[nH]n2)cc1N. The van der Waals surface area contributed by atoms with Crippen LogP contribution in [0.1, 0.15) is 0 Å². The van der Waals surface area contributed by atoms with Crippen molar-refractivity contribution in [2.45, 2.75) is 0 Å². The fraction of sp³-hybridized carbons (Fsp3) is 0.200. The Morgan fingerprint density at radius 2 is 2.42 bits per heavy atom. The Kier molecular flexibility index (Phi) is 1.29. The molecular formula is C5H7N7. The minimum atomic E-state index is 0.447. The highest BCUT2D eigenvalue weighted by Crippen LogP contribution is 2.13. The minimum Gasteiger partial charge on any atom is -0.384 e. The highest BCUT2D eigenvalue weighted by atomic mass is 15.5. The number of H-pyrrole nitrogens is 1. The largest absolute Gasteiger partial charge is 0.384 e. The van der Waals surface area contributed by atoms with Crippen LogP contribution in [0.25, 0.3) is 11.5 Å². The van der Waals surface area contributed by atoms with E-state index in [0.717, 1.165) is 0 Å². The van der Waals surface area contributed by atoms with Crippen LogP contribution in [0.5, 0.6) is 0 Å². The van der Waals surface area contributed by atoms with E-state index < -0.39 is 0 Å². The number of aryl methyl sites for hydroxylation is 1. The molecule has 0 amide bonds. The van der Waals surface area contributed by atoms with E-state index in [-0.39, 0.29) is 0 Å². The first-order chi connectivity index (χ1) is 5.77. The van der Waals surface area contributed by atoms with E-state index in [1.165, 1.54) is 0 Å². The molecule has 7 nitrogen and oxygen atoms in total. The van der Waals surface area contributed by atoms with Crippen LogP contribution in [-0.4, -0.2) is 30.4 Å². The van der Waals surface area contributed by atoms with Crippen LogP contribution in [-0.2, 0) is 7.05 Å². The zero-order valence-electron chi connectivity index (χ0n) is 6.39. The molecule has 0 aromatic carbocycles. The summed E-state index contributed by atoms with van der Waals surface area (Å²) in [4.78, 5) is 0. The van der Waals surface area contributed by atoms with Gasteiger partial charge < -0.3 is 5.73 Å². The molecule has 3 N–H and O–H groups in total. The predicted molar refractivity (Wildman–Crippen MR) is 40.8 cm³/mol. The number of nitrogens with zero attached hydrogens (tertiary/aromatic N) is 5. The zero-order valence-corrected chi connectivity index (χ0v) is 6.39. The molecule has 0 fully saturated rings. The van der Waals surface area contributed by atoms with Gasteiger partial charge in [0.1, 0.15) is 11.5 Å². The maximum atomic E-state index is 5.56. The molecule has 2 aromatic rings. The van der Waals surface area contributed by atoms with Gasteiger partial charge in [-0.2, -0.15) is 10.3 Å². The van der Waals surface area contributed by atoms with Gasteiger partial charge in [-0.25, -0.2) is 0 Å². The van der Waals surface area contributed by atoms with Gasteiger partial charge >= 0.3 is 0 Å². The van der Waals surface area contributed by atoms with E-state index in [0.29, 0.717) is 17.3 Å². The van der Waals surface area contributed by atoms with E-state index in [2.05, 4.69) is 25.7 Å². The standard InChI is InChI=1S/C5H7N7/c1-12-4(6)2-3(9-12)5-7-10-11-8-5/h2H,6H2,1H3,(H,7,8,10,11). The van der Waals surface area contributed by atoms with E-state index >= 15 is 0 Å². The third-order valence-electron chi connectivity index (χ3n) is 1.49. The number of rotatable bonds is 1. The summed E-state index contributed by atoms with van der Waals surface area (Å²) in [6, 6.07) is 1.69. The van der Waals surface area contributed by atoms with Gasteiger partial charge in [-0.05, 0) is 5.21 Å². The smallest absolute Gasteiger partial charge is 0.224 e. The van der Waals surface area contributed by atoms with Crippen LogP contribution in [0.15, 0.2) is 6.07 Å². The molecule has 2 heterocycles. The maximum Gasteiger partial charge on any atom is 0.224 e. The number of anilines is 1. The number of aromatic amines is 1. The second-order valence-electron chi connectivity index (χ2n) is 2.31. The summed E-state index contributed by atoms with van der Waals surface area (Å²) < 4.78 is 1.55. The van der Waals surface area contributed by atoms with Gasteiger partial charge in [-0.15, -0.1) is 10.2 Å². The molecule has 0 aliphatic heterocycles. The van der Waals surface area contributed by atoms with Crippen molar-refractivity contribution in [2.75, 3.05) is 5.73 Å². The highest BCUT2D eigenvalue weighted by Gasteiger charge is 2.07. The quantitative estimate of drug-likeness (QED) is 0.575. The van der Waals surface area contributed by atoms with Crippen LogP contribution < -0.4 is 5.73 Å². The fourth-order valence-corrected chi connectivity index (χ4v) is 0.861. The molecule has 0 saturated carbocycles. The van der Waals surface area contributed by atoms with Crippen molar-refractivity contribution in [3.05, 3.63) is 6.07 Å². The van der Waals surface area contributed by atoms with E-state index in [1.54, 1.807) is 17.8 Å². The first-order valence-corrected chi connectivity index (χ1v) is 3.30. The van der Waals surface area contributed by atoms with Gasteiger partial charge in [-0.3, -0.25) is 4.68 Å². The van der Waals surface area contributed by atoms with Crippen LogP contribution in [0.2, 0.25) is 0 Å². The lowest BCUT2D eigenvalue weighted by Crippen LogP contribution is -1.96. The normalized spacial score (nSPS) is 10.4. The topological polar surface area (TPSA) is 98.3 Å². The summed E-state index contributed by atoms with van der Waals surface area (Å²) >= 11 is 0. The third-order valence-corrected chi connectivity index (χ3v) is 1.49. The van der Waals surface area contributed by atoms with Gasteiger partial charge in [0, 0.05) is 13.1 Å². The number of tetrazole rings is 1. The molecule has 0 saturated heterocycles. The molecule has 0 spiro atoms. The van der Waals surface area contributed by atoms with Crippen molar-refractivity contribution in [1.29, 1.82) is 0 Å². The predicted octanol–water partition coefficient (Wildman–Crippen LogP) is -0.818. The average Bonchev–Trinajstić information content (AvgIpc) is 2.61. The van der Waals surface area contributed by atoms with Crippen molar-refractivity contribution >= 4 is 5.82 Å². The maximum absolute atomic E-state index is 5.56. The molecule has 0 radical (unpaired) electrons. The molecule has 0 aliphatic rings.